The number of aromatic nitrogens is 1. The van der Waals surface area contributed by atoms with Gasteiger partial charge in [0.15, 0.2) is 0 Å². The van der Waals surface area contributed by atoms with Crippen LogP contribution in [0.4, 0.5) is 4.39 Å². The molecule has 0 saturated heterocycles. The van der Waals surface area contributed by atoms with Crippen LogP contribution in [0.2, 0.25) is 0 Å². The largest absolute Gasteiger partial charge is 0.346 e. The Morgan fingerprint density at radius 1 is 0.929 bits per heavy atom. The van der Waals surface area contributed by atoms with E-state index in [0.717, 1.165) is 5.69 Å². The summed E-state index contributed by atoms with van der Waals surface area (Å²) in [7, 11) is -3.75. The van der Waals surface area contributed by atoms with Crippen molar-refractivity contribution in [2.75, 3.05) is 0 Å². The SMILES string of the molecule is O=C(NCc1ccccn1)c1ccc(S(=O)(=O)NCc2ccc(F)cc2)cc1. The van der Waals surface area contributed by atoms with Crippen molar-refractivity contribution >= 4 is 15.9 Å². The first-order valence-electron chi connectivity index (χ1n) is 8.46. The van der Waals surface area contributed by atoms with Crippen LogP contribution in [0.3, 0.4) is 0 Å². The van der Waals surface area contributed by atoms with Crippen LogP contribution in [0.15, 0.2) is 77.8 Å². The Morgan fingerprint density at radius 3 is 2.29 bits per heavy atom. The smallest absolute Gasteiger partial charge is 0.251 e. The number of pyridine rings is 1. The summed E-state index contributed by atoms with van der Waals surface area (Å²) >= 11 is 0. The molecule has 2 N–H and O–H groups in total. The molecule has 0 aliphatic carbocycles. The quantitative estimate of drug-likeness (QED) is 0.639. The molecule has 1 amide bonds. The van der Waals surface area contributed by atoms with Gasteiger partial charge in [-0.1, -0.05) is 18.2 Å². The minimum atomic E-state index is -3.75. The highest BCUT2D eigenvalue weighted by Crippen LogP contribution is 2.12. The van der Waals surface area contributed by atoms with Crippen LogP contribution in [0.5, 0.6) is 0 Å². The molecule has 0 aliphatic rings. The molecule has 1 aromatic heterocycles. The van der Waals surface area contributed by atoms with Gasteiger partial charge in [-0.25, -0.2) is 17.5 Å². The molecule has 0 aliphatic heterocycles. The number of benzene rings is 2. The van der Waals surface area contributed by atoms with E-state index in [9.17, 15) is 17.6 Å². The highest BCUT2D eigenvalue weighted by Gasteiger charge is 2.15. The molecule has 0 unspecified atom stereocenters. The summed E-state index contributed by atoms with van der Waals surface area (Å²) in [5.74, 6) is -0.711. The number of amides is 1. The van der Waals surface area contributed by atoms with Crippen molar-refractivity contribution < 1.29 is 17.6 Å². The first kappa shape index (κ1) is 19.7. The second-order valence-corrected chi connectivity index (χ2v) is 7.75. The van der Waals surface area contributed by atoms with Gasteiger partial charge in [-0.15, -0.1) is 0 Å². The molecule has 6 nitrogen and oxygen atoms in total. The zero-order valence-electron chi connectivity index (χ0n) is 14.8. The molecule has 0 bridgehead atoms. The van der Waals surface area contributed by atoms with Gasteiger partial charge in [0.2, 0.25) is 10.0 Å². The molecule has 28 heavy (non-hydrogen) atoms. The number of hydrogen-bond donors (Lipinski definition) is 2. The van der Waals surface area contributed by atoms with E-state index in [1.165, 1.54) is 48.5 Å². The molecule has 0 fully saturated rings. The maximum atomic E-state index is 12.9. The summed E-state index contributed by atoms with van der Waals surface area (Å²) in [5.41, 5.74) is 1.70. The lowest BCUT2D eigenvalue weighted by Crippen LogP contribution is -2.24. The van der Waals surface area contributed by atoms with Gasteiger partial charge in [-0.2, -0.15) is 0 Å². The fourth-order valence-electron chi connectivity index (χ4n) is 2.42. The van der Waals surface area contributed by atoms with Gasteiger partial charge in [-0.3, -0.25) is 9.78 Å². The van der Waals surface area contributed by atoms with Gasteiger partial charge < -0.3 is 5.32 Å². The number of halogens is 1. The number of sulfonamides is 1. The van der Waals surface area contributed by atoms with Crippen LogP contribution in [-0.4, -0.2) is 19.3 Å². The van der Waals surface area contributed by atoms with E-state index in [4.69, 9.17) is 0 Å². The molecule has 0 saturated carbocycles. The lowest BCUT2D eigenvalue weighted by Gasteiger charge is -2.08. The van der Waals surface area contributed by atoms with E-state index >= 15 is 0 Å². The van der Waals surface area contributed by atoms with E-state index in [-0.39, 0.29) is 29.7 Å². The minimum absolute atomic E-state index is 0.0366. The van der Waals surface area contributed by atoms with Crippen molar-refractivity contribution in [3.8, 4) is 0 Å². The lowest BCUT2D eigenvalue weighted by molar-refractivity contribution is 0.0950. The number of nitrogens with one attached hydrogen (secondary N) is 2. The molecule has 1 heterocycles. The lowest BCUT2D eigenvalue weighted by atomic mass is 10.2. The van der Waals surface area contributed by atoms with Crippen LogP contribution in [0, 0.1) is 5.82 Å². The summed E-state index contributed by atoms with van der Waals surface area (Å²) in [4.78, 5) is 16.3. The third kappa shape index (κ3) is 5.21. The van der Waals surface area contributed by atoms with Crippen molar-refractivity contribution in [1.82, 2.24) is 15.0 Å². The van der Waals surface area contributed by atoms with Crippen molar-refractivity contribution in [3.63, 3.8) is 0 Å². The van der Waals surface area contributed by atoms with Gasteiger partial charge in [0.25, 0.3) is 5.91 Å². The van der Waals surface area contributed by atoms with E-state index in [1.54, 1.807) is 18.3 Å². The molecule has 2 aromatic carbocycles. The van der Waals surface area contributed by atoms with E-state index in [1.807, 2.05) is 6.07 Å². The molecule has 0 spiro atoms. The number of carbonyl (C=O) groups excluding carboxylic acids is 1. The van der Waals surface area contributed by atoms with Crippen LogP contribution in [0.1, 0.15) is 21.6 Å². The van der Waals surface area contributed by atoms with Crippen molar-refractivity contribution in [2.45, 2.75) is 18.0 Å². The van der Waals surface area contributed by atoms with Gasteiger partial charge in [-0.05, 0) is 54.1 Å². The highest BCUT2D eigenvalue weighted by atomic mass is 32.2. The van der Waals surface area contributed by atoms with Gasteiger partial charge in [0.05, 0.1) is 17.1 Å². The molecular weight excluding hydrogens is 381 g/mol. The fourth-order valence-corrected chi connectivity index (χ4v) is 3.44. The normalized spacial score (nSPS) is 11.2. The van der Waals surface area contributed by atoms with Crippen LogP contribution in [-0.2, 0) is 23.1 Å². The molecule has 0 atom stereocenters. The molecule has 3 aromatic rings. The van der Waals surface area contributed by atoms with Gasteiger partial charge in [0.1, 0.15) is 5.82 Å². The summed E-state index contributed by atoms with van der Waals surface area (Å²) in [6.07, 6.45) is 1.64. The average Bonchev–Trinajstić information content (AvgIpc) is 2.72. The maximum absolute atomic E-state index is 12.9. The Hall–Kier alpha value is -3.10. The van der Waals surface area contributed by atoms with E-state index in [2.05, 4.69) is 15.0 Å². The minimum Gasteiger partial charge on any atom is -0.346 e. The number of carbonyl (C=O) groups is 1. The molecule has 8 heteroatoms. The van der Waals surface area contributed by atoms with Gasteiger partial charge in [0, 0.05) is 18.3 Å². The summed E-state index contributed by atoms with van der Waals surface area (Å²) in [6.45, 7) is 0.313. The standard InChI is InChI=1S/C20H18FN3O3S/c21-17-8-4-15(5-9-17)13-24-28(26,27)19-10-6-16(7-11-19)20(25)23-14-18-3-1-2-12-22-18/h1-12,24H,13-14H2,(H,23,25). The first-order valence-corrected chi connectivity index (χ1v) is 9.95. The average molecular weight is 399 g/mol. The molecular formula is C20H18FN3O3S. The number of nitrogens with zero attached hydrogens (tertiary/aromatic N) is 1. The molecule has 0 radical (unpaired) electrons. The van der Waals surface area contributed by atoms with E-state index < -0.39 is 10.0 Å². The van der Waals surface area contributed by atoms with Gasteiger partial charge >= 0.3 is 0 Å². The zero-order chi connectivity index (χ0) is 20.0. The summed E-state index contributed by atoms with van der Waals surface area (Å²) < 4.78 is 40.1. The van der Waals surface area contributed by atoms with Crippen molar-refractivity contribution in [3.05, 3.63) is 95.6 Å². The Balaban J connectivity index is 1.60. The number of hydrogen-bond acceptors (Lipinski definition) is 4. The molecule has 3 rings (SSSR count). The Labute approximate surface area is 162 Å². The van der Waals surface area contributed by atoms with Crippen LogP contribution in [0.25, 0.3) is 0 Å². The zero-order valence-corrected chi connectivity index (χ0v) is 15.6. The number of rotatable bonds is 7. The fraction of sp³-hybridized carbons (Fsp3) is 0.100. The topological polar surface area (TPSA) is 88.2 Å². The second-order valence-electron chi connectivity index (χ2n) is 5.98. The third-order valence-corrected chi connectivity index (χ3v) is 5.38. The molecule has 144 valence electrons. The predicted octanol–water partition coefficient (Wildman–Crippen LogP) is 2.63. The third-order valence-electron chi connectivity index (χ3n) is 3.96. The Bertz CT molecular complexity index is 1040. The highest BCUT2D eigenvalue weighted by molar-refractivity contribution is 7.89. The predicted molar refractivity (Wildman–Crippen MR) is 102 cm³/mol. The van der Waals surface area contributed by atoms with Crippen LogP contribution < -0.4 is 10.0 Å². The summed E-state index contributed by atoms with van der Waals surface area (Å²) in [6, 6.07) is 16.6. The van der Waals surface area contributed by atoms with Crippen molar-refractivity contribution in [2.24, 2.45) is 0 Å². The first-order chi connectivity index (χ1) is 13.4. The van der Waals surface area contributed by atoms with E-state index in [0.29, 0.717) is 11.1 Å². The van der Waals surface area contributed by atoms with Crippen LogP contribution >= 0.6 is 0 Å². The Kier molecular flexibility index (Phi) is 6.13. The second kappa shape index (κ2) is 8.73. The van der Waals surface area contributed by atoms with Crippen molar-refractivity contribution in [1.29, 1.82) is 0 Å². The monoisotopic (exact) mass is 399 g/mol. The maximum Gasteiger partial charge on any atom is 0.251 e. The Morgan fingerprint density at radius 2 is 1.64 bits per heavy atom. The summed E-state index contributed by atoms with van der Waals surface area (Å²) in [5, 5.41) is 2.73.